The molecule has 0 aliphatic rings. The fourth-order valence-corrected chi connectivity index (χ4v) is 1.19. The van der Waals surface area contributed by atoms with Crippen LogP contribution in [0.4, 0.5) is 0 Å². The Hall–Kier alpha value is -0.830. The van der Waals surface area contributed by atoms with Crippen molar-refractivity contribution in [3.05, 3.63) is 18.7 Å². The van der Waals surface area contributed by atoms with Crippen LogP contribution in [0.15, 0.2) is 18.7 Å². The highest BCUT2D eigenvalue weighted by atomic mass is 15.0. The second-order valence-electron chi connectivity index (χ2n) is 2.96. The summed E-state index contributed by atoms with van der Waals surface area (Å²) in [5, 5.41) is 3.14. The van der Waals surface area contributed by atoms with E-state index in [4.69, 9.17) is 0 Å². The first-order valence-corrected chi connectivity index (χ1v) is 4.54. The molecule has 0 saturated carbocycles. The number of aromatic nitrogens is 2. The van der Waals surface area contributed by atoms with Crippen LogP contribution in [0.1, 0.15) is 19.3 Å². The molecule has 0 spiro atoms. The molecular formula is C9H17N3. The molecule has 68 valence electrons. The smallest absolute Gasteiger partial charge is 0.0945 e. The minimum absolute atomic E-state index is 1.10. The number of nitrogens with one attached hydrogen (secondary N) is 1. The Morgan fingerprint density at radius 3 is 2.92 bits per heavy atom. The van der Waals surface area contributed by atoms with Crippen molar-refractivity contribution in [1.82, 2.24) is 14.9 Å². The lowest BCUT2D eigenvalue weighted by Gasteiger charge is -2.01. The maximum absolute atomic E-state index is 3.99. The van der Waals surface area contributed by atoms with Gasteiger partial charge in [-0.3, -0.25) is 0 Å². The van der Waals surface area contributed by atoms with Crippen molar-refractivity contribution >= 4 is 0 Å². The number of hydrogen-bond donors (Lipinski definition) is 1. The molecule has 12 heavy (non-hydrogen) atoms. The Balaban J connectivity index is 1.96. The monoisotopic (exact) mass is 167 g/mol. The van der Waals surface area contributed by atoms with Gasteiger partial charge >= 0.3 is 0 Å². The number of imidazole rings is 1. The van der Waals surface area contributed by atoms with E-state index < -0.39 is 0 Å². The van der Waals surface area contributed by atoms with Gasteiger partial charge in [0.25, 0.3) is 0 Å². The summed E-state index contributed by atoms with van der Waals surface area (Å²) in [5.74, 6) is 0. The molecule has 0 amide bonds. The second kappa shape index (κ2) is 5.77. The molecule has 0 saturated heterocycles. The average molecular weight is 167 g/mol. The highest BCUT2D eigenvalue weighted by Gasteiger charge is 1.90. The zero-order valence-corrected chi connectivity index (χ0v) is 7.66. The Labute approximate surface area is 73.8 Å². The molecule has 0 fully saturated rings. The number of hydrogen-bond acceptors (Lipinski definition) is 2. The lowest BCUT2D eigenvalue weighted by molar-refractivity contribution is 0.575. The first kappa shape index (κ1) is 9.26. The van der Waals surface area contributed by atoms with E-state index in [0.29, 0.717) is 0 Å². The highest BCUT2D eigenvalue weighted by Crippen LogP contribution is 1.97. The van der Waals surface area contributed by atoms with Crippen LogP contribution in [0, 0.1) is 0 Å². The molecule has 0 aromatic carbocycles. The zero-order chi connectivity index (χ0) is 8.65. The summed E-state index contributed by atoms with van der Waals surface area (Å²) >= 11 is 0. The molecule has 1 aromatic rings. The Bertz CT molecular complexity index is 182. The van der Waals surface area contributed by atoms with Gasteiger partial charge in [-0.1, -0.05) is 6.42 Å². The van der Waals surface area contributed by atoms with E-state index in [1.807, 2.05) is 25.8 Å². The summed E-state index contributed by atoms with van der Waals surface area (Å²) in [6.45, 7) is 2.23. The highest BCUT2D eigenvalue weighted by molar-refractivity contribution is 4.73. The third-order valence-corrected chi connectivity index (χ3v) is 1.90. The van der Waals surface area contributed by atoms with Crippen molar-refractivity contribution in [2.24, 2.45) is 0 Å². The van der Waals surface area contributed by atoms with Gasteiger partial charge < -0.3 is 9.88 Å². The SMILES string of the molecule is CNCCCCCn1ccnc1. The Kier molecular flexibility index (Phi) is 4.46. The van der Waals surface area contributed by atoms with Gasteiger partial charge in [0.1, 0.15) is 0 Å². The van der Waals surface area contributed by atoms with Crippen molar-refractivity contribution in [2.75, 3.05) is 13.6 Å². The van der Waals surface area contributed by atoms with Crippen LogP contribution in [0.25, 0.3) is 0 Å². The van der Waals surface area contributed by atoms with E-state index in [0.717, 1.165) is 13.1 Å². The predicted molar refractivity (Wildman–Crippen MR) is 50.0 cm³/mol. The van der Waals surface area contributed by atoms with E-state index in [1.165, 1.54) is 19.3 Å². The largest absolute Gasteiger partial charge is 0.337 e. The van der Waals surface area contributed by atoms with Crippen LogP contribution in [-0.2, 0) is 6.54 Å². The molecule has 0 atom stereocenters. The first-order valence-electron chi connectivity index (χ1n) is 4.54. The zero-order valence-electron chi connectivity index (χ0n) is 7.66. The van der Waals surface area contributed by atoms with E-state index >= 15 is 0 Å². The van der Waals surface area contributed by atoms with Crippen molar-refractivity contribution in [3.63, 3.8) is 0 Å². The average Bonchev–Trinajstić information content (AvgIpc) is 2.57. The van der Waals surface area contributed by atoms with Crippen molar-refractivity contribution in [2.45, 2.75) is 25.8 Å². The normalized spacial score (nSPS) is 10.4. The van der Waals surface area contributed by atoms with Gasteiger partial charge in [-0.05, 0) is 26.4 Å². The molecule has 1 rings (SSSR count). The van der Waals surface area contributed by atoms with Gasteiger partial charge in [0.2, 0.25) is 0 Å². The molecule has 1 N–H and O–H groups in total. The molecule has 0 bridgehead atoms. The maximum atomic E-state index is 3.99. The fraction of sp³-hybridized carbons (Fsp3) is 0.667. The lowest BCUT2D eigenvalue weighted by Crippen LogP contribution is -2.07. The standard InChI is InChI=1S/C9H17N3/c1-10-5-3-2-4-7-12-8-6-11-9-12/h6,8-10H,2-5,7H2,1H3. The minimum Gasteiger partial charge on any atom is -0.337 e. The van der Waals surface area contributed by atoms with Crippen LogP contribution in [0.2, 0.25) is 0 Å². The van der Waals surface area contributed by atoms with Gasteiger partial charge in [0.15, 0.2) is 0 Å². The molecule has 0 aliphatic heterocycles. The Morgan fingerprint density at radius 1 is 1.33 bits per heavy atom. The maximum Gasteiger partial charge on any atom is 0.0945 e. The number of aryl methyl sites for hydroxylation is 1. The van der Waals surface area contributed by atoms with E-state index in [9.17, 15) is 0 Å². The fourth-order valence-electron chi connectivity index (χ4n) is 1.19. The van der Waals surface area contributed by atoms with Crippen molar-refractivity contribution in [3.8, 4) is 0 Å². The summed E-state index contributed by atoms with van der Waals surface area (Å²) < 4.78 is 2.12. The number of unbranched alkanes of at least 4 members (excludes halogenated alkanes) is 2. The number of rotatable bonds is 6. The molecule has 3 nitrogen and oxygen atoms in total. The Morgan fingerprint density at radius 2 is 2.25 bits per heavy atom. The van der Waals surface area contributed by atoms with E-state index in [-0.39, 0.29) is 0 Å². The summed E-state index contributed by atoms with van der Waals surface area (Å²) in [5.41, 5.74) is 0. The molecular weight excluding hydrogens is 150 g/mol. The van der Waals surface area contributed by atoms with Crippen molar-refractivity contribution < 1.29 is 0 Å². The van der Waals surface area contributed by atoms with Crippen LogP contribution in [-0.4, -0.2) is 23.1 Å². The summed E-state index contributed by atoms with van der Waals surface area (Å²) in [4.78, 5) is 3.99. The minimum atomic E-state index is 1.10. The molecule has 1 heterocycles. The van der Waals surface area contributed by atoms with Gasteiger partial charge in [-0.25, -0.2) is 4.98 Å². The van der Waals surface area contributed by atoms with Crippen LogP contribution < -0.4 is 5.32 Å². The topological polar surface area (TPSA) is 29.9 Å². The summed E-state index contributed by atoms with van der Waals surface area (Å²) in [6.07, 6.45) is 9.52. The van der Waals surface area contributed by atoms with Gasteiger partial charge in [-0.15, -0.1) is 0 Å². The molecule has 0 unspecified atom stereocenters. The van der Waals surface area contributed by atoms with Gasteiger partial charge in [-0.2, -0.15) is 0 Å². The number of nitrogens with zero attached hydrogens (tertiary/aromatic N) is 2. The van der Waals surface area contributed by atoms with Gasteiger partial charge in [0.05, 0.1) is 6.33 Å². The summed E-state index contributed by atoms with van der Waals surface area (Å²) in [7, 11) is 2.00. The third kappa shape index (κ3) is 3.53. The molecule has 0 aliphatic carbocycles. The quantitative estimate of drug-likeness (QED) is 0.647. The molecule has 0 radical (unpaired) electrons. The molecule has 3 heteroatoms. The van der Waals surface area contributed by atoms with E-state index in [2.05, 4.69) is 14.9 Å². The predicted octanol–water partition coefficient (Wildman–Crippen LogP) is 1.27. The van der Waals surface area contributed by atoms with Crippen LogP contribution in [0.3, 0.4) is 0 Å². The van der Waals surface area contributed by atoms with Crippen LogP contribution >= 0.6 is 0 Å². The van der Waals surface area contributed by atoms with Crippen molar-refractivity contribution in [1.29, 1.82) is 0 Å². The first-order chi connectivity index (χ1) is 5.93. The molecule has 1 aromatic heterocycles. The van der Waals surface area contributed by atoms with Crippen LogP contribution in [0.5, 0.6) is 0 Å². The lowest BCUT2D eigenvalue weighted by atomic mass is 10.2. The van der Waals surface area contributed by atoms with Gasteiger partial charge in [0, 0.05) is 18.9 Å². The third-order valence-electron chi connectivity index (χ3n) is 1.90. The summed E-state index contributed by atoms with van der Waals surface area (Å²) in [6, 6.07) is 0. The van der Waals surface area contributed by atoms with E-state index in [1.54, 1.807) is 0 Å². The second-order valence-corrected chi connectivity index (χ2v) is 2.96.